The molecule has 156 valence electrons. The Morgan fingerprint density at radius 2 is 1.93 bits per heavy atom. The van der Waals surface area contributed by atoms with Crippen molar-refractivity contribution in [1.29, 1.82) is 5.41 Å². The lowest BCUT2D eigenvalue weighted by Gasteiger charge is -2.17. The molecule has 3 N–H and O–H groups in total. The molecule has 8 heteroatoms. The van der Waals surface area contributed by atoms with E-state index in [0.717, 1.165) is 5.56 Å². The first-order valence-electron chi connectivity index (χ1n) is 9.30. The summed E-state index contributed by atoms with van der Waals surface area (Å²) in [4.78, 5) is 27.7. The molecule has 1 heterocycles. The Morgan fingerprint density at radius 1 is 1.21 bits per heavy atom. The number of esters is 1. The number of nitrogens with one attached hydrogen (secondary N) is 3. The van der Waals surface area contributed by atoms with Crippen LogP contribution in [0.1, 0.15) is 42.4 Å². The number of benzene rings is 1. The number of carbonyl (C=O) groups is 1. The van der Waals surface area contributed by atoms with Crippen molar-refractivity contribution in [2.24, 2.45) is 5.92 Å². The molecule has 0 amide bonds. The summed E-state index contributed by atoms with van der Waals surface area (Å²) >= 11 is 0. The minimum absolute atomic E-state index is 0.0290. The first kappa shape index (κ1) is 22.0. The van der Waals surface area contributed by atoms with Gasteiger partial charge in [0.1, 0.15) is 23.0 Å². The number of carbonyl (C=O) groups excluding carboxylic acids is 1. The third-order valence-corrected chi connectivity index (χ3v) is 4.32. The van der Waals surface area contributed by atoms with Crippen LogP contribution in [0.5, 0.6) is 11.5 Å². The molecular formula is C21H27N3O5. The van der Waals surface area contributed by atoms with E-state index in [2.05, 4.69) is 10.3 Å². The van der Waals surface area contributed by atoms with Gasteiger partial charge in [-0.2, -0.15) is 0 Å². The second kappa shape index (κ2) is 9.77. The Balaban J connectivity index is 2.45. The van der Waals surface area contributed by atoms with E-state index in [1.807, 2.05) is 19.9 Å². The highest BCUT2D eigenvalue weighted by molar-refractivity contribution is 6.04. The van der Waals surface area contributed by atoms with Gasteiger partial charge in [0.05, 0.1) is 26.4 Å². The van der Waals surface area contributed by atoms with Crippen molar-refractivity contribution in [1.82, 2.24) is 4.98 Å². The lowest BCUT2D eigenvalue weighted by Crippen LogP contribution is -2.25. The van der Waals surface area contributed by atoms with Gasteiger partial charge in [-0.15, -0.1) is 0 Å². The Bertz CT molecular complexity index is 950. The molecule has 0 fully saturated rings. The number of ether oxygens (including phenoxy) is 3. The van der Waals surface area contributed by atoms with Crippen molar-refractivity contribution >= 4 is 17.5 Å². The van der Waals surface area contributed by atoms with E-state index in [9.17, 15) is 9.59 Å². The van der Waals surface area contributed by atoms with Gasteiger partial charge < -0.3 is 29.9 Å². The van der Waals surface area contributed by atoms with Crippen LogP contribution in [0.3, 0.4) is 0 Å². The summed E-state index contributed by atoms with van der Waals surface area (Å²) in [6.07, 6.45) is 0. The number of H-pyrrole nitrogens is 1. The second-order valence-corrected chi connectivity index (χ2v) is 6.62. The second-order valence-electron chi connectivity index (χ2n) is 6.62. The zero-order valence-electron chi connectivity index (χ0n) is 17.3. The van der Waals surface area contributed by atoms with Gasteiger partial charge in [-0.3, -0.25) is 4.79 Å². The van der Waals surface area contributed by atoms with Crippen LogP contribution in [0.15, 0.2) is 29.1 Å². The Hall–Kier alpha value is -3.29. The fraction of sp³-hybridized carbons (Fsp3) is 0.381. The molecule has 1 aromatic heterocycles. The van der Waals surface area contributed by atoms with Crippen LogP contribution in [0.25, 0.3) is 0 Å². The number of aromatic nitrogens is 1. The average Bonchev–Trinajstić information content (AvgIpc) is 2.71. The molecule has 29 heavy (non-hydrogen) atoms. The molecule has 0 aliphatic rings. The summed E-state index contributed by atoms with van der Waals surface area (Å²) in [7, 11) is 3.13. The molecule has 0 aliphatic carbocycles. The minimum atomic E-state index is -0.627. The number of anilines is 1. The maximum Gasteiger partial charge on any atom is 0.354 e. The molecular weight excluding hydrogens is 374 g/mol. The van der Waals surface area contributed by atoms with Crippen molar-refractivity contribution < 1.29 is 19.0 Å². The van der Waals surface area contributed by atoms with Gasteiger partial charge in [-0.05, 0) is 25.0 Å². The highest BCUT2D eigenvalue weighted by atomic mass is 16.5. The van der Waals surface area contributed by atoms with Gasteiger partial charge in [-0.1, -0.05) is 13.8 Å². The van der Waals surface area contributed by atoms with Crippen LogP contribution in [-0.2, 0) is 11.3 Å². The molecule has 2 rings (SSSR count). The normalized spacial score (nSPS) is 10.6. The zero-order valence-corrected chi connectivity index (χ0v) is 17.3. The number of rotatable bonds is 9. The average molecular weight is 401 g/mol. The van der Waals surface area contributed by atoms with Crippen LogP contribution in [0.4, 0.5) is 5.82 Å². The van der Waals surface area contributed by atoms with Crippen molar-refractivity contribution in [3.05, 3.63) is 51.3 Å². The third-order valence-electron chi connectivity index (χ3n) is 4.32. The lowest BCUT2D eigenvalue weighted by atomic mass is 9.99. The van der Waals surface area contributed by atoms with Crippen molar-refractivity contribution in [2.75, 3.05) is 26.1 Å². The van der Waals surface area contributed by atoms with Crippen LogP contribution >= 0.6 is 0 Å². The van der Waals surface area contributed by atoms with Gasteiger partial charge in [0.2, 0.25) is 0 Å². The van der Waals surface area contributed by atoms with E-state index < -0.39 is 11.4 Å². The third kappa shape index (κ3) is 5.16. The number of pyridine rings is 1. The number of aromatic amines is 1. The first-order chi connectivity index (χ1) is 13.8. The Labute approximate surface area is 169 Å². The Kier molecular flexibility index (Phi) is 7.41. The van der Waals surface area contributed by atoms with E-state index in [0.29, 0.717) is 18.0 Å². The van der Waals surface area contributed by atoms with E-state index in [1.54, 1.807) is 33.3 Å². The number of methoxy groups -OCH3 is 2. The predicted molar refractivity (Wildman–Crippen MR) is 112 cm³/mol. The monoisotopic (exact) mass is 401 g/mol. The molecule has 0 aliphatic heterocycles. The molecule has 0 saturated carbocycles. The maximum atomic E-state index is 12.7. The summed E-state index contributed by atoms with van der Waals surface area (Å²) in [6, 6.07) is 6.56. The van der Waals surface area contributed by atoms with E-state index >= 15 is 0 Å². The zero-order chi connectivity index (χ0) is 21.6. The van der Waals surface area contributed by atoms with Crippen LogP contribution in [0, 0.1) is 11.3 Å². The topological polar surface area (TPSA) is 114 Å². The molecule has 0 saturated heterocycles. The molecule has 0 unspecified atom stereocenters. The maximum absolute atomic E-state index is 12.7. The predicted octanol–water partition coefficient (Wildman–Crippen LogP) is 3.20. The van der Waals surface area contributed by atoms with Crippen LogP contribution in [-0.4, -0.2) is 37.5 Å². The molecule has 8 nitrogen and oxygen atoms in total. The van der Waals surface area contributed by atoms with E-state index in [4.69, 9.17) is 19.6 Å². The summed E-state index contributed by atoms with van der Waals surface area (Å²) in [6.45, 7) is 5.84. The molecule has 0 bridgehead atoms. The van der Waals surface area contributed by atoms with Gasteiger partial charge in [0.25, 0.3) is 0 Å². The molecule has 1 aromatic carbocycles. The highest BCUT2D eigenvalue weighted by Gasteiger charge is 2.20. The standard InChI is InChI=1S/C21H27N3O5/c1-6-29-21(26)15-10-16(25)18(19(22)12(2)3)20(24-15)23-11-13-7-8-14(27-4)9-17(13)28-5/h7-10,12,22H,6,11H2,1-5H3,(H2,23,24,25). The summed E-state index contributed by atoms with van der Waals surface area (Å²) < 4.78 is 15.6. The van der Waals surface area contributed by atoms with E-state index in [-0.39, 0.29) is 35.3 Å². The molecule has 0 spiro atoms. The molecule has 2 aromatic rings. The summed E-state index contributed by atoms with van der Waals surface area (Å²) in [5, 5.41) is 11.5. The quantitative estimate of drug-likeness (QED) is 0.439. The number of hydrogen-bond acceptors (Lipinski definition) is 7. The fourth-order valence-electron chi connectivity index (χ4n) is 2.75. The number of hydrogen-bond donors (Lipinski definition) is 3. The van der Waals surface area contributed by atoms with Gasteiger partial charge in [0.15, 0.2) is 5.43 Å². The Morgan fingerprint density at radius 3 is 2.52 bits per heavy atom. The largest absolute Gasteiger partial charge is 0.497 e. The fourth-order valence-corrected chi connectivity index (χ4v) is 2.75. The summed E-state index contributed by atoms with van der Waals surface area (Å²) in [5.74, 6) is 0.766. The van der Waals surface area contributed by atoms with Gasteiger partial charge in [-0.25, -0.2) is 4.79 Å². The van der Waals surface area contributed by atoms with Crippen molar-refractivity contribution in [2.45, 2.75) is 27.3 Å². The first-order valence-corrected chi connectivity index (χ1v) is 9.30. The lowest BCUT2D eigenvalue weighted by molar-refractivity contribution is 0.0519. The highest BCUT2D eigenvalue weighted by Crippen LogP contribution is 2.25. The van der Waals surface area contributed by atoms with Crippen LogP contribution in [0.2, 0.25) is 0 Å². The van der Waals surface area contributed by atoms with Crippen molar-refractivity contribution in [3.63, 3.8) is 0 Å². The summed E-state index contributed by atoms with van der Waals surface area (Å²) in [5.41, 5.74) is 0.792. The molecule has 0 atom stereocenters. The SMILES string of the molecule is CCOC(=O)c1cc(=O)c(C(=N)C(C)C)c(NCc2ccc(OC)cc2OC)[nH]1. The molecule has 0 radical (unpaired) electrons. The minimum Gasteiger partial charge on any atom is -0.497 e. The van der Waals surface area contributed by atoms with Crippen molar-refractivity contribution in [3.8, 4) is 11.5 Å². The van der Waals surface area contributed by atoms with Gasteiger partial charge >= 0.3 is 5.97 Å². The smallest absolute Gasteiger partial charge is 0.354 e. The van der Waals surface area contributed by atoms with Crippen LogP contribution < -0.4 is 20.2 Å². The van der Waals surface area contributed by atoms with E-state index in [1.165, 1.54) is 6.07 Å². The van der Waals surface area contributed by atoms with Gasteiger partial charge in [0, 0.05) is 30.0 Å².